The molecule has 7 nitrogen and oxygen atoms in total. The van der Waals surface area contributed by atoms with Crippen LogP contribution in [0.15, 0.2) is 0 Å². The Morgan fingerprint density at radius 2 is 1.71 bits per heavy atom. The molecule has 0 aromatic heterocycles. The molecule has 0 spiro atoms. The van der Waals surface area contributed by atoms with Gasteiger partial charge in [0, 0.05) is 19.3 Å². The molecular formula is C8H20N2O5S2. The molecule has 2 N–H and O–H groups in total. The van der Waals surface area contributed by atoms with Crippen molar-refractivity contribution in [2.45, 2.75) is 12.5 Å². The summed E-state index contributed by atoms with van der Waals surface area (Å²) >= 11 is 0. The average Bonchev–Trinajstić information content (AvgIpc) is 1.94. The number of hydrogen-bond acceptors (Lipinski definition) is 6. The SMILES string of the molecule is CN(C)CC(C)(O)CNS(=O)(=O)CS(C)(=O)=O. The van der Waals surface area contributed by atoms with Crippen molar-refractivity contribution >= 4 is 19.9 Å². The summed E-state index contributed by atoms with van der Waals surface area (Å²) in [7, 11) is -4.07. The van der Waals surface area contributed by atoms with Crippen molar-refractivity contribution in [2.24, 2.45) is 0 Å². The second-order valence-corrected chi connectivity index (χ2v) is 9.03. The molecule has 0 aliphatic rings. The highest BCUT2D eigenvalue weighted by Gasteiger charge is 2.25. The minimum atomic E-state index is -3.92. The van der Waals surface area contributed by atoms with E-state index in [9.17, 15) is 21.9 Å². The Bertz CT molecular complexity index is 439. The monoisotopic (exact) mass is 288 g/mol. The molecule has 0 amide bonds. The largest absolute Gasteiger partial charge is 0.387 e. The minimum absolute atomic E-state index is 0.233. The molecule has 0 rings (SSSR count). The molecule has 1 atom stereocenters. The van der Waals surface area contributed by atoms with Crippen LogP contribution in [0.25, 0.3) is 0 Å². The number of sulfone groups is 1. The van der Waals surface area contributed by atoms with Gasteiger partial charge in [0.2, 0.25) is 10.0 Å². The number of aliphatic hydroxyl groups is 1. The highest BCUT2D eigenvalue weighted by atomic mass is 32.3. The van der Waals surface area contributed by atoms with E-state index >= 15 is 0 Å². The third-order valence-corrected chi connectivity index (χ3v) is 5.24. The second kappa shape index (κ2) is 5.61. The normalized spacial score (nSPS) is 17.1. The Hall–Kier alpha value is -0.220. The Balaban J connectivity index is 4.47. The summed E-state index contributed by atoms with van der Waals surface area (Å²) in [4.78, 5) is 1.70. The van der Waals surface area contributed by atoms with Gasteiger partial charge in [0.05, 0.1) is 5.60 Å². The van der Waals surface area contributed by atoms with E-state index in [4.69, 9.17) is 0 Å². The number of rotatable bonds is 7. The van der Waals surface area contributed by atoms with E-state index in [-0.39, 0.29) is 13.1 Å². The first-order valence-electron chi connectivity index (χ1n) is 4.85. The highest BCUT2D eigenvalue weighted by Crippen LogP contribution is 2.04. The molecule has 0 saturated carbocycles. The van der Waals surface area contributed by atoms with Gasteiger partial charge in [0.15, 0.2) is 14.9 Å². The van der Waals surface area contributed by atoms with E-state index in [0.29, 0.717) is 0 Å². The summed E-state index contributed by atoms with van der Waals surface area (Å²) in [5.41, 5.74) is -1.26. The Morgan fingerprint density at radius 3 is 2.06 bits per heavy atom. The maximum absolute atomic E-state index is 11.4. The fourth-order valence-corrected chi connectivity index (χ4v) is 4.44. The molecule has 104 valence electrons. The van der Waals surface area contributed by atoms with Crippen molar-refractivity contribution in [3.05, 3.63) is 0 Å². The maximum Gasteiger partial charge on any atom is 0.226 e. The van der Waals surface area contributed by atoms with Crippen molar-refractivity contribution in [3.63, 3.8) is 0 Å². The van der Waals surface area contributed by atoms with E-state index < -0.39 is 30.5 Å². The molecule has 9 heteroatoms. The van der Waals surface area contributed by atoms with Crippen LogP contribution in [0.3, 0.4) is 0 Å². The highest BCUT2D eigenvalue weighted by molar-refractivity contribution is 8.06. The van der Waals surface area contributed by atoms with E-state index in [0.717, 1.165) is 6.26 Å². The molecule has 0 aromatic carbocycles. The second-order valence-electron chi connectivity index (χ2n) is 4.71. The van der Waals surface area contributed by atoms with E-state index in [1.54, 1.807) is 19.0 Å². The van der Waals surface area contributed by atoms with Crippen LogP contribution in [0, 0.1) is 0 Å². The zero-order valence-electron chi connectivity index (χ0n) is 10.5. The van der Waals surface area contributed by atoms with E-state index in [1.807, 2.05) is 0 Å². The molecule has 0 saturated heterocycles. The van der Waals surface area contributed by atoms with Gasteiger partial charge in [-0.05, 0) is 21.0 Å². The Labute approximate surface area is 103 Å². The first kappa shape index (κ1) is 16.8. The molecule has 0 radical (unpaired) electrons. The smallest absolute Gasteiger partial charge is 0.226 e. The molecule has 0 aliphatic heterocycles. The molecule has 17 heavy (non-hydrogen) atoms. The Kier molecular flexibility index (Phi) is 5.54. The Morgan fingerprint density at radius 1 is 1.24 bits per heavy atom. The van der Waals surface area contributed by atoms with Crippen LogP contribution in [-0.4, -0.2) is 71.0 Å². The van der Waals surface area contributed by atoms with Gasteiger partial charge in [0.25, 0.3) is 0 Å². The third-order valence-electron chi connectivity index (χ3n) is 1.70. The van der Waals surface area contributed by atoms with Crippen molar-refractivity contribution in [2.75, 3.05) is 38.5 Å². The van der Waals surface area contributed by atoms with E-state index in [1.165, 1.54) is 6.92 Å². The van der Waals surface area contributed by atoms with Crippen LogP contribution in [0.5, 0.6) is 0 Å². The number of likely N-dealkylation sites (N-methyl/N-ethyl adjacent to an activating group) is 1. The lowest BCUT2D eigenvalue weighted by molar-refractivity contribution is 0.0386. The zero-order valence-corrected chi connectivity index (χ0v) is 12.1. The average molecular weight is 288 g/mol. The molecule has 0 fully saturated rings. The van der Waals surface area contributed by atoms with Crippen LogP contribution < -0.4 is 4.72 Å². The summed E-state index contributed by atoms with van der Waals surface area (Å²) in [6.07, 6.45) is 0.837. The van der Waals surface area contributed by atoms with Crippen LogP contribution in [0.4, 0.5) is 0 Å². The molecule has 0 heterocycles. The van der Waals surface area contributed by atoms with Gasteiger partial charge in [-0.2, -0.15) is 0 Å². The van der Waals surface area contributed by atoms with Crippen molar-refractivity contribution in [3.8, 4) is 0 Å². The molecule has 0 bridgehead atoms. The van der Waals surface area contributed by atoms with Crippen LogP contribution >= 0.6 is 0 Å². The van der Waals surface area contributed by atoms with Gasteiger partial charge in [-0.3, -0.25) is 0 Å². The van der Waals surface area contributed by atoms with Crippen molar-refractivity contribution in [1.82, 2.24) is 9.62 Å². The fraction of sp³-hybridized carbons (Fsp3) is 1.00. The number of hydrogen-bond donors (Lipinski definition) is 2. The minimum Gasteiger partial charge on any atom is -0.387 e. The lowest BCUT2D eigenvalue weighted by Gasteiger charge is -2.26. The summed E-state index contributed by atoms with van der Waals surface area (Å²) in [6.45, 7) is 1.49. The van der Waals surface area contributed by atoms with Gasteiger partial charge in [-0.15, -0.1) is 0 Å². The number of nitrogens with one attached hydrogen (secondary N) is 1. The van der Waals surface area contributed by atoms with Crippen LogP contribution in [-0.2, 0) is 19.9 Å². The number of nitrogens with zero attached hydrogens (tertiary/aromatic N) is 1. The summed E-state index contributed by atoms with van der Waals surface area (Å²) in [5, 5.41) is 8.85. The predicted molar refractivity (Wildman–Crippen MR) is 65.8 cm³/mol. The molecule has 1 unspecified atom stereocenters. The zero-order chi connectivity index (χ0) is 13.9. The summed E-state index contributed by atoms with van der Waals surface area (Å²) < 4.78 is 46.5. The lowest BCUT2D eigenvalue weighted by Crippen LogP contribution is -2.47. The van der Waals surface area contributed by atoms with E-state index in [2.05, 4.69) is 4.72 Å². The summed E-state index contributed by atoms with van der Waals surface area (Å²) in [5.74, 6) is 0. The first-order chi connectivity index (χ1) is 7.33. The lowest BCUT2D eigenvalue weighted by atomic mass is 10.1. The molecule has 0 aromatic rings. The maximum atomic E-state index is 11.4. The standard InChI is InChI=1S/C8H20N2O5S2/c1-8(11,6-10(2)3)5-9-17(14,15)7-16(4,12)13/h9,11H,5-7H2,1-4H3. The van der Waals surface area contributed by atoms with Gasteiger partial charge >= 0.3 is 0 Å². The third kappa shape index (κ3) is 9.48. The first-order valence-corrected chi connectivity index (χ1v) is 8.56. The van der Waals surface area contributed by atoms with Gasteiger partial charge < -0.3 is 10.0 Å². The van der Waals surface area contributed by atoms with Crippen molar-refractivity contribution in [1.29, 1.82) is 0 Å². The van der Waals surface area contributed by atoms with Gasteiger partial charge in [0.1, 0.15) is 0 Å². The topological polar surface area (TPSA) is 104 Å². The van der Waals surface area contributed by atoms with Gasteiger partial charge in [-0.25, -0.2) is 21.6 Å². The van der Waals surface area contributed by atoms with Crippen LogP contribution in [0.1, 0.15) is 6.92 Å². The fourth-order valence-electron chi connectivity index (χ4n) is 1.33. The summed E-state index contributed by atoms with van der Waals surface area (Å²) in [6, 6.07) is 0. The van der Waals surface area contributed by atoms with Crippen molar-refractivity contribution < 1.29 is 21.9 Å². The molecule has 0 aliphatic carbocycles. The number of sulfonamides is 1. The quantitative estimate of drug-likeness (QED) is 0.574. The van der Waals surface area contributed by atoms with Crippen LogP contribution in [0.2, 0.25) is 0 Å². The molecular weight excluding hydrogens is 268 g/mol. The predicted octanol–water partition coefficient (Wildman–Crippen LogP) is -1.78. The van der Waals surface area contributed by atoms with Gasteiger partial charge in [-0.1, -0.05) is 0 Å².